The van der Waals surface area contributed by atoms with Gasteiger partial charge in [-0.05, 0) is 19.4 Å². The van der Waals surface area contributed by atoms with Crippen LogP contribution in [0.4, 0.5) is 11.8 Å². The Kier molecular flexibility index (Phi) is 4.95. The van der Waals surface area contributed by atoms with Crippen molar-refractivity contribution in [3.8, 4) is 0 Å². The topological polar surface area (TPSA) is 70.2 Å². The summed E-state index contributed by atoms with van der Waals surface area (Å²) >= 11 is 1.64. The maximum atomic E-state index is 11.6. The molecule has 6 nitrogen and oxygen atoms in total. The number of nitrogens with one attached hydrogen (secondary N) is 2. The van der Waals surface area contributed by atoms with Crippen LogP contribution in [0.1, 0.15) is 18.2 Å². The van der Waals surface area contributed by atoms with Crippen LogP contribution in [0.5, 0.6) is 0 Å². The van der Waals surface area contributed by atoms with Gasteiger partial charge in [0.1, 0.15) is 10.6 Å². The number of aromatic nitrogens is 2. The first-order valence-corrected chi connectivity index (χ1v) is 7.80. The molecule has 2 aromatic rings. The van der Waals surface area contributed by atoms with Crippen LogP contribution in [0.15, 0.2) is 6.07 Å². The molecule has 0 fully saturated rings. The fourth-order valence-corrected chi connectivity index (χ4v) is 2.88. The zero-order valence-electron chi connectivity index (χ0n) is 12.9. The van der Waals surface area contributed by atoms with Crippen LogP contribution in [-0.2, 0) is 4.79 Å². The van der Waals surface area contributed by atoms with Crippen LogP contribution in [0.3, 0.4) is 0 Å². The normalized spacial score (nSPS) is 10.7. The van der Waals surface area contributed by atoms with Crippen molar-refractivity contribution in [2.75, 3.05) is 37.4 Å². The van der Waals surface area contributed by atoms with E-state index >= 15 is 0 Å². The smallest absolute Gasteiger partial charge is 0.239 e. The van der Waals surface area contributed by atoms with E-state index in [0.717, 1.165) is 29.0 Å². The lowest BCUT2D eigenvalue weighted by Gasteiger charge is -2.18. The molecule has 0 radical (unpaired) electrons. The number of rotatable bonds is 6. The standard InChI is InChI=1S/C14H21N5OS/c1-5-6-16-14-17-12(19(4)8-11(20)15-3)10-7-9(2)21-13(10)18-14/h7H,5-6,8H2,1-4H3,(H,15,20)(H,16,17,18). The first-order valence-electron chi connectivity index (χ1n) is 6.99. The van der Waals surface area contributed by atoms with E-state index in [-0.39, 0.29) is 12.5 Å². The Morgan fingerprint density at radius 1 is 1.43 bits per heavy atom. The minimum atomic E-state index is -0.0423. The molecule has 2 N–H and O–H groups in total. The highest BCUT2D eigenvalue weighted by Gasteiger charge is 2.15. The van der Waals surface area contributed by atoms with Gasteiger partial charge < -0.3 is 15.5 Å². The quantitative estimate of drug-likeness (QED) is 0.854. The van der Waals surface area contributed by atoms with Gasteiger partial charge in [-0.15, -0.1) is 11.3 Å². The first kappa shape index (κ1) is 15.5. The maximum absolute atomic E-state index is 11.6. The van der Waals surface area contributed by atoms with Crippen LogP contribution in [0, 0.1) is 6.92 Å². The van der Waals surface area contributed by atoms with Crippen molar-refractivity contribution >= 4 is 39.2 Å². The third-order valence-electron chi connectivity index (χ3n) is 3.05. The van der Waals surface area contributed by atoms with Crippen molar-refractivity contribution in [2.24, 2.45) is 0 Å². The molecule has 0 bridgehead atoms. The zero-order chi connectivity index (χ0) is 15.4. The summed E-state index contributed by atoms with van der Waals surface area (Å²) < 4.78 is 0. The third-order valence-corrected chi connectivity index (χ3v) is 3.99. The second kappa shape index (κ2) is 6.71. The van der Waals surface area contributed by atoms with Gasteiger partial charge in [0.05, 0.1) is 11.9 Å². The van der Waals surface area contributed by atoms with Crippen molar-refractivity contribution in [1.29, 1.82) is 0 Å². The largest absolute Gasteiger partial charge is 0.358 e. The van der Waals surface area contributed by atoms with Crippen LogP contribution in [0.2, 0.25) is 0 Å². The molecule has 0 atom stereocenters. The minimum Gasteiger partial charge on any atom is -0.358 e. The van der Waals surface area contributed by atoms with Gasteiger partial charge in [0, 0.05) is 25.5 Å². The summed E-state index contributed by atoms with van der Waals surface area (Å²) in [6.07, 6.45) is 1.01. The molecule has 2 heterocycles. The van der Waals surface area contributed by atoms with Crippen LogP contribution in [-0.4, -0.2) is 43.1 Å². The van der Waals surface area contributed by atoms with Gasteiger partial charge >= 0.3 is 0 Å². The predicted octanol–water partition coefficient (Wildman–Crippen LogP) is 2.00. The molecule has 0 saturated heterocycles. The number of likely N-dealkylation sites (N-methyl/N-ethyl adjacent to an activating group) is 2. The molecule has 7 heteroatoms. The fraction of sp³-hybridized carbons (Fsp3) is 0.500. The number of amides is 1. The molecule has 0 aliphatic heterocycles. The van der Waals surface area contributed by atoms with Crippen molar-refractivity contribution in [1.82, 2.24) is 15.3 Å². The molecule has 0 saturated carbocycles. The lowest BCUT2D eigenvalue weighted by molar-refractivity contribution is -0.119. The van der Waals surface area contributed by atoms with Crippen molar-refractivity contribution in [2.45, 2.75) is 20.3 Å². The number of hydrogen-bond acceptors (Lipinski definition) is 6. The van der Waals surface area contributed by atoms with E-state index in [9.17, 15) is 4.79 Å². The second-order valence-corrected chi connectivity index (χ2v) is 6.14. The fourth-order valence-electron chi connectivity index (χ4n) is 2.00. The molecule has 1 amide bonds. The highest BCUT2D eigenvalue weighted by atomic mass is 32.1. The molecule has 0 aromatic carbocycles. The molecule has 0 spiro atoms. The summed E-state index contributed by atoms with van der Waals surface area (Å²) in [7, 11) is 3.50. The number of fused-ring (bicyclic) bond motifs is 1. The van der Waals surface area contributed by atoms with Gasteiger partial charge in [0.15, 0.2) is 0 Å². The Labute approximate surface area is 128 Å². The second-order valence-electron chi connectivity index (χ2n) is 4.90. The van der Waals surface area contributed by atoms with Gasteiger partial charge in [0.2, 0.25) is 11.9 Å². The molecule has 2 rings (SSSR count). The Morgan fingerprint density at radius 3 is 2.86 bits per heavy atom. The average molecular weight is 307 g/mol. The van der Waals surface area contributed by atoms with Crippen molar-refractivity contribution in [3.63, 3.8) is 0 Å². The highest BCUT2D eigenvalue weighted by molar-refractivity contribution is 7.18. The van der Waals surface area contributed by atoms with Crippen LogP contribution < -0.4 is 15.5 Å². The zero-order valence-corrected chi connectivity index (χ0v) is 13.7. The number of nitrogens with zero attached hydrogens (tertiary/aromatic N) is 3. The maximum Gasteiger partial charge on any atom is 0.239 e. The van der Waals surface area contributed by atoms with Gasteiger partial charge in [-0.25, -0.2) is 4.98 Å². The van der Waals surface area contributed by atoms with Crippen molar-refractivity contribution in [3.05, 3.63) is 10.9 Å². The number of hydrogen-bond donors (Lipinski definition) is 2. The number of carbonyl (C=O) groups is 1. The van der Waals surface area contributed by atoms with Gasteiger partial charge in [-0.2, -0.15) is 4.98 Å². The summed E-state index contributed by atoms with van der Waals surface area (Å²) in [6.45, 7) is 5.24. The van der Waals surface area contributed by atoms with E-state index < -0.39 is 0 Å². The lowest BCUT2D eigenvalue weighted by Crippen LogP contribution is -2.33. The molecule has 0 unspecified atom stereocenters. The Balaban J connectivity index is 2.40. The SMILES string of the molecule is CCCNc1nc(N(C)CC(=O)NC)c2cc(C)sc2n1. The Morgan fingerprint density at radius 2 is 2.19 bits per heavy atom. The highest BCUT2D eigenvalue weighted by Crippen LogP contribution is 2.31. The number of anilines is 2. The average Bonchev–Trinajstić information content (AvgIpc) is 2.83. The molecular formula is C14H21N5OS. The lowest BCUT2D eigenvalue weighted by atomic mass is 10.3. The molecule has 114 valence electrons. The summed E-state index contributed by atoms with van der Waals surface area (Å²) in [5.41, 5.74) is 0. The summed E-state index contributed by atoms with van der Waals surface area (Å²) in [4.78, 5) is 24.7. The molecular weight excluding hydrogens is 286 g/mol. The first-order chi connectivity index (χ1) is 10.0. The van der Waals surface area contributed by atoms with E-state index in [1.807, 2.05) is 18.9 Å². The minimum absolute atomic E-state index is 0.0423. The molecule has 2 aromatic heterocycles. The number of aryl methyl sites for hydroxylation is 1. The molecule has 0 aliphatic rings. The number of thiophene rings is 1. The predicted molar refractivity (Wildman–Crippen MR) is 88.3 cm³/mol. The van der Waals surface area contributed by atoms with E-state index in [0.29, 0.717) is 5.95 Å². The third kappa shape index (κ3) is 3.60. The van der Waals surface area contributed by atoms with Crippen LogP contribution >= 0.6 is 11.3 Å². The van der Waals surface area contributed by atoms with E-state index in [2.05, 4.69) is 33.6 Å². The molecule has 21 heavy (non-hydrogen) atoms. The van der Waals surface area contributed by atoms with E-state index in [1.54, 1.807) is 18.4 Å². The van der Waals surface area contributed by atoms with Crippen LogP contribution in [0.25, 0.3) is 10.2 Å². The summed E-state index contributed by atoms with van der Waals surface area (Å²) in [5.74, 6) is 1.36. The van der Waals surface area contributed by atoms with Gasteiger partial charge in [-0.3, -0.25) is 4.79 Å². The van der Waals surface area contributed by atoms with E-state index in [4.69, 9.17) is 0 Å². The van der Waals surface area contributed by atoms with E-state index in [1.165, 1.54) is 4.88 Å². The number of carbonyl (C=O) groups excluding carboxylic acids is 1. The summed E-state index contributed by atoms with van der Waals surface area (Å²) in [6, 6.07) is 2.07. The Bertz CT molecular complexity index is 640. The van der Waals surface area contributed by atoms with Crippen molar-refractivity contribution < 1.29 is 4.79 Å². The van der Waals surface area contributed by atoms with Gasteiger partial charge in [-0.1, -0.05) is 6.92 Å². The summed E-state index contributed by atoms with van der Waals surface area (Å²) in [5, 5.41) is 6.84. The molecule has 0 aliphatic carbocycles. The monoisotopic (exact) mass is 307 g/mol. The van der Waals surface area contributed by atoms with Gasteiger partial charge in [0.25, 0.3) is 0 Å². The Hall–Kier alpha value is -1.89.